The van der Waals surface area contributed by atoms with Crippen LogP contribution in [-0.2, 0) is 0 Å². The second-order valence-electron chi connectivity index (χ2n) is 2.31. The van der Waals surface area contributed by atoms with Crippen LogP contribution >= 0.6 is 23.4 Å². The Balaban J connectivity index is 3.35. The van der Waals surface area contributed by atoms with E-state index in [0.717, 1.165) is 11.8 Å². The molecule has 0 spiro atoms. The molecular weight excluding hydrogens is 213 g/mol. The van der Waals surface area contributed by atoms with Gasteiger partial charge in [0.05, 0.1) is 15.5 Å². The fraction of sp³-hybridized carbons (Fsp3) is 0.125. The number of amides is 1. The van der Waals surface area contributed by atoms with Gasteiger partial charge in [0.2, 0.25) is 0 Å². The van der Waals surface area contributed by atoms with Crippen LogP contribution in [0.1, 0.15) is 10.4 Å². The number of hydrogen-bond acceptors (Lipinski definition) is 2. The van der Waals surface area contributed by atoms with E-state index in [0.29, 0.717) is 0 Å². The van der Waals surface area contributed by atoms with Gasteiger partial charge in [0, 0.05) is 0 Å². The average Bonchev–Trinajstić information content (AvgIpc) is 2.04. The molecule has 0 heterocycles. The highest BCUT2D eigenvalue weighted by molar-refractivity contribution is 7.98. The Morgan fingerprint density at radius 1 is 1.62 bits per heavy atom. The molecule has 1 amide bonds. The molecule has 0 atom stereocenters. The van der Waals surface area contributed by atoms with Gasteiger partial charge in [-0.25, -0.2) is 4.39 Å². The van der Waals surface area contributed by atoms with Gasteiger partial charge in [-0.15, -0.1) is 11.8 Å². The summed E-state index contributed by atoms with van der Waals surface area (Å²) in [6, 6.07) is 2.73. The van der Waals surface area contributed by atoms with Gasteiger partial charge in [-0.1, -0.05) is 11.6 Å². The lowest BCUT2D eigenvalue weighted by Gasteiger charge is -2.04. The number of hydrogen-bond donors (Lipinski definition) is 1. The SMILES string of the molecule is CSc1c(Cl)ccc(C(N)=O)c1F. The van der Waals surface area contributed by atoms with Gasteiger partial charge in [-0.3, -0.25) is 4.79 Å². The Morgan fingerprint density at radius 2 is 2.23 bits per heavy atom. The predicted molar refractivity (Wildman–Crippen MR) is 51.7 cm³/mol. The van der Waals surface area contributed by atoms with Gasteiger partial charge in [0.1, 0.15) is 0 Å². The fourth-order valence-corrected chi connectivity index (χ4v) is 1.84. The van der Waals surface area contributed by atoms with Gasteiger partial charge in [-0.2, -0.15) is 0 Å². The molecule has 0 radical (unpaired) electrons. The molecule has 0 unspecified atom stereocenters. The van der Waals surface area contributed by atoms with Crippen molar-refractivity contribution in [2.24, 2.45) is 5.73 Å². The van der Waals surface area contributed by atoms with E-state index in [1.54, 1.807) is 6.26 Å². The molecule has 1 rings (SSSR count). The minimum atomic E-state index is -0.788. The number of thioether (sulfide) groups is 1. The maximum Gasteiger partial charge on any atom is 0.251 e. The van der Waals surface area contributed by atoms with Crippen LogP contribution in [0.25, 0.3) is 0 Å². The van der Waals surface area contributed by atoms with Crippen molar-refractivity contribution in [3.8, 4) is 0 Å². The second kappa shape index (κ2) is 3.98. The molecule has 1 aromatic rings. The van der Waals surface area contributed by atoms with E-state index < -0.39 is 11.7 Å². The maximum atomic E-state index is 13.4. The first-order chi connectivity index (χ1) is 6.07. The van der Waals surface area contributed by atoms with Crippen molar-refractivity contribution in [3.05, 3.63) is 28.5 Å². The van der Waals surface area contributed by atoms with E-state index in [2.05, 4.69) is 0 Å². The zero-order valence-corrected chi connectivity index (χ0v) is 8.38. The summed E-state index contributed by atoms with van der Waals surface area (Å²) in [5.41, 5.74) is 4.83. The van der Waals surface area contributed by atoms with E-state index >= 15 is 0 Å². The normalized spacial score (nSPS) is 10.1. The van der Waals surface area contributed by atoms with Crippen molar-refractivity contribution in [2.75, 3.05) is 6.26 Å². The number of primary amides is 1. The lowest BCUT2D eigenvalue weighted by atomic mass is 10.2. The summed E-state index contributed by atoms with van der Waals surface area (Å²) in [4.78, 5) is 11.0. The highest BCUT2D eigenvalue weighted by atomic mass is 35.5. The molecule has 0 aromatic heterocycles. The average molecular weight is 220 g/mol. The molecule has 0 saturated carbocycles. The van der Waals surface area contributed by atoms with Crippen molar-refractivity contribution in [2.45, 2.75) is 4.90 Å². The molecule has 5 heteroatoms. The molecule has 0 aliphatic carbocycles. The summed E-state index contributed by atoms with van der Waals surface area (Å²) in [6.45, 7) is 0. The summed E-state index contributed by atoms with van der Waals surface area (Å²) in [6.07, 6.45) is 1.68. The van der Waals surface area contributed by atoms with Crippen LogP contribution in [0.4, 0.5) is 4.39 Å². The van der Waals surface area contributed by atoms with Crippen LogP contribution in [0, 0.1) is 5.82 Å². The van der Waals surface area contributed by atoms with Crippen molar-refractivity contribution in [3.63, 3.8) is 0 Å². The smallest absolute Gasteiger partial charge is 0.251 e. The van der Waals surface area contributed by atoms with E-state index in [-0.39, 0.29) is 15.5 Å². The third kappa shape index (κ3) is 1.95. The quantitative estimate of drug-likeness (QED) is 0.776. The predicted octanol–water partition coefficient (Wildman–Crippen LogP) is 2.30. The van der Waals surface area contributed by atoms with Gasteiger partial charge in [0.25, 0.3) is 5.91 Å². The van der Waals surface area contributed by atoms with Crippen LogP contribution in [-0.4, -0.2) is 12.2 Å². The first kappa shape index (κ1) is 10.3. The Labute approximate surface area is 84.3 Å². The van der Waals surface area contributed by atoms with Crippen LogP contribution in [0.3, 0.4) is 0 Å². The topological polar surface area (TPSA) is 43.1 Å². The number of benzene rings is 1. The number of halogens is 2. The Kier molecular flexibility index (Phi) is 3.17. The molecule has 0 aliphatic heterocycles. The number of carbonyl (C=O) groups excluding carboxylic acids is 1. The number of nitrogens with two attached hydrogens (primary N) is 1. The first-order valence-corrected chi connectivity index (χ1v) is 5.00. The lowest BCUT2D eigenvalue weighted by molar-refractivity contribution is 0.0996. The zero-order valence-electron chi connectivity index (χ0n) is 6.80. The van der Waals surface area contributed by atoms with Crippen LogP contribution in [0.5, 0.6) is 0 Å². The van der Waals surface area contributed by atoms with E-state index in [1.807, 2.05) is 0 Å². The molecule has 0 aliphatic rings. The molecule has 2 N–H and O–H groups in total. The molecule has 0 saturated heterocycles. The third-order valence-electron chi connectivity index (χ3n) is 1.52. The number of rotatable bonds is 2. The minimum Gasteiger partial charge on any atom is -0.366 e. The summed E-state index contributed by atoms with van der Waals surface area (Å²) in [7, 11) is 0. The largest absolute Gasteiger partial charge is 0.366 e. The van der Waals surface area contributed by atoms with Crippen molar-refractivity contribution in [1.82, 2.24) is 0 Å². The molecule has 13 heavy (non-hydrogen) atoms. The molecule has 0 bridgehead atoms. The number of carbonyl (C=O) groups is 1. The van der Waals surface area contributed by atoms with Crippen LogP contribution < -0.4 is 5.73 Å². The van der Waals surface area contributed by atoms with Crippen molar-refractivity contribution in [1.29, 1.82) is 0 Å². The zero-order chi connectivity index (χ0) is 10.0. The lowest BCUT2D eigenvalue weighted by Crippen LogP contribution is -2.13. The Hall–Kier alpha value is -0.740. The monoisotopic (exact) mass is 219 g/mol. The summed E-state index contributed by atoms with van der Waals surface area (Å²) < 4.78 is 13.4. The molecule has 2 nitrogen and oxygen atoms in total. The van der Waals surface area contributed by atoms with Gasteiger partial charge in [-0.05, 0) is 18.4 Å². The first-order valence-electron chi connectivity index (χ1n) is 3.39. The Morgan fingerprint density at radius 3 is 2.69 bits per heavy atom. The second-order valence-corrected chi connectivity index (χ2v) is 3.53. The maximum absolute atomic E-state index is 13.4. The minimum absolute atomic E-state index is 0.131. The van der Waals surface area contributed by atoms with Crippen LogP contribution in [0.2, 0.25) is 5.02 Å². The van der Waals surface area contributed by atoms with Crippen molar-refractivity contribution < 1.29 is 9.18 Å². The molecule has 1 aromatic carbocycles. The van der Waals surface area contributed by atoms with E-state index in [1.165, 1.54) is 12.1 Å². The van der Waals surface area contributed by atoms with Gasteiger partial charge in [0.15, 0.2) is 5.82 Å². The van der Waals surface area contributed by atoms with E-state index in [9.17, 15) is 9.18 Å². The fourth-order valence-electron chi connectivity index (χ4n) is 0.910. The van der Waals surface area contributed by atoms with Gasteiger partial charge >= 0.3 is 0 Å². The van der Waals surface area contributed by atoms with Gasteiger partial charge < -0.3 is 5.73 Å². The highest BCUT2D eigenvalue weighted by Crippen LogP contribution is 2.29. The van der Waals surface area contributed by atoms with Crippen molar-refractivity contribution >= 4 is 29.3 Å². The highest BCUT2D eigenvalue weighted by Gasteiger charge is 2.14. The summed E-state index contributed by atoms with van der Waals surface area (Å²) in [5.74, 6) is -1.43. The summed E-state index contributed by atoms with van der Waals surface area (Å²) >= 11 is 6.83. The summed E-state index contributed by atoms with van der Waals surface area (Å²) in [5, 5.41) is 0.287. The molecule has 70 valence electrons. The van der Waals surface area contributed by atoms with E-state index in [4.69, 9.17) is 17.3 Å². The molecule has 0 fully saturated rings. The van der Waals surface area contributed by atoms with Crippen LogP contribution in [0.15, 0.2) is 17.0 Å². The Bertz CT molecular complexity index is 356. The third-order valence-corrected chi connectivity index (χ3v) is 2.75. The molecular formula is C8H7ClFNOS. The standard InChI is InChI=1S/C8H7ClFNOS/c1-13-7-5(9)3-2-4(6(7)10)8(11)12/h2-3H,1H3,(H2,11,12).